The van der Waals surface area contributed by atoms with E-state index in [9.17, 15) is 14.4 Å². The molecule has 7 nitrogen and oxygen atoms in total. The Kier molecular flexibility index (Phi) is 8.50. The fourth-order valence-corrected chi connectivity index (χ4v) is 6.18. The van der Waals surface area contributed by atoms with E-state index in [-0.39, 0.29) is 30.8 Å². The number of amides is 2. The fraction of sp³-hybridized carbons (Fsp3) is 0.621. The summed E-state index contributed by atoms with van der Waals surface area (Å²) in [5, 5.41) is 2.93. The van der Waals surface area contributed by atoms with Gasteiger partial charge in [0, 0.05) is 24.6 Å². The van der Waals surface area contributed by atoms with Crippen LogP contribution in [0.2, 0.25) is 0 Å². The molecule has 1 N–H and O–H groups in total. The van der Waals surface area contributed by atoms with Crippen LogP contribution in [0.4, 0.5) is 0 Å². The average molecular weight is 497 g/mol. The van der Waals surface area contributed by atoms with Crippen LogP contribution in [0.5, 0.6) is 0 Å². The van der Waals surface area contributed by atoms with Crippen molar-refractivity contribution in [2.75, 3.05) is 13.7 Å². The van der Waals surface area contributed by atoms with Crippen molar-refractivity contribution in [2.24, 2.45) is 17.3 Å². The fourth-order valence-electron chi connectivity index (χ4n) is 6.18. The lowest BCUT2D eigenvalue weighted by atomic mass is 9.66. The number of benzene rings is 1. The molecule has 0 bridgehead atoms. The van der Waals surface area contributed by atoms with Crippen molar-refractivity contribution in [2.45, 2.75) is 84.0 Å². The molecular weight excluding hydrogens is 456 g/mol. The highest BCUT2D eigenvalue weighted by Gasteiger charge is 2.60. The van der Waals surface area contributed by atoms with Gasteiger partial charge in [-0.15, -0.1) is 0 Å². The van der Waals surface area contributed by atoms with Crippen LogP contribution in [0.1, 0.15) is 70.8 Å². The zero-order valence-corrected chi connectivity index (χ0v) is 21.8. The number of ether oxygens (including phenoxy) is 2. The van der Waals surface area contributed by atoms with Crippen molar-refractivity contribution in [1.82, 2.24) is 10.2 Å². The first kappa shape index (κ1) is 26.4. The smallest absolute Gasteiger partial charge is 0.320 e. The van der Waals surface area contributed by atoms with Crippen molar-refractivity contribution in [3.05, 3.63) is 47.7 Å². The normalized spacial score (nSPS) is 28.4. The van der Waals surface area contributed by atoms with Crippen LogP contribution in [0.15, 0.2) is 42.1 Å². The van der Waals surface area contributed by atoms with Crippen LogP contribution in [0, 0.1) is 17.3 Å². The maximum Gasteiger partial charge on any atom is 0.320 e. The molecule has 0 radical (unpaired) electrons. The third kappa shape index (κ3) is 5.22. The zero-order valence-electron chi connectivity index (χ0n) is 21.8. The molecule has 2 fully saturated rings. The van der Waals surface area contributed by atoms with Gasteiger partial charge in [0.1, 0.15) is 5.41 Å². The van der Waals surface area contributed by atoms with E-state index in [0.29, 0.717) is 24.7 Å². The van der Waals surface area contributed by atoms with Gasteiger partial charge < -0.3 is 19.7 Å². The molecule has 1 saturated carbocycles. The number of piperidine rings is 1. The predicted molar refractivity (Wildman–Crippen MR) is 136 cm³/mol. The number of esters is 1. The largest absolute Gasteiger partial charge is 0.468 e. The molecule has 0 aromatic heterocycles. The highest BCUT2D eigenvalue weighted by molar-refractivity contribution is 5.92. The number of hydrogen-bond acceptors (Lipinski definition) is 5. The van der Waals surface area contributed by atoms with E-state index >= 15 is 0 Å². The van der Waals surface area contributed by atoms with Crippen LogP contribution < -0.4 is 5.32 Å². The topological polar surface area (TPSA) is 84.9 Å². The van der Waals surface area contributed by atoms with E-state index in [1.54, 1.807) is 4.90 Å². The lowest BCUT2D eigenvalue weighted by Crippen LogP contribution is -2.60. The molecule has 2 aliphatic heterocycles. The van der Waals surface area contributed by atoms with Gasteiger partial charge in [-0.1, -0.05) is 56.5 Å². The number of carbonyl (C=O) groups is 3. The first-order valence-corrected chi connectivity index (χ1v) is 13.5. The monoisotopic (exact) mass is 496 g/mol. The summed E-state index contributed by atoms with van der Waals surface area (Å²) in [4.78, 5) is 42.0. The van der Waals surface area contributed by atoms with Crippen LogP contribution >= 0.6 is 0 Å². The Morgan fingerprint density at radius 2 is 1.92 bits per heavy atom. The highest BCUT2D eigenvalue weighted by atomic mass is 16.5. The third-order valence-electron chi connectivity index (χ3n) is 8.19. The summed E-state index contributed by atoms with van der Waals surface area (Å²) in [5.41, 5.74) is 0.512. The number of methoxy groups -OCH3 is 1. The molecule has 2 amide bonds. The van der Waals surface area contributed by atoms with Crippen LogP contribution in [0.25, 0.3) is 0 Å². The summed E-state index contributed by atoms with van der Waals surface area (Å²) in [6.45, 7) is 4.90. The molecule has 3 aliphatic rings. The first-order chi connectivity index (χ1) is 17.4. The van der Waals surface area contributed by atoms with E-state index < -0.39 is 23.4 Å². The van der Waals surface area contributed by atoms with Crippen molar-refractivity contribution >= 4 is 17.8 Å². The second-order valence-corrected chi connectivity index (χ2v) is 10.5. The molecule has 196 valence electrons. The number of nitrogens with zero attached hydrogens (tertiary/aromatic N) is 1. The molecule has 7 heteroatoms. The van der Waals surface area contributed by atoms with Gasteiger partial charge in [-0.25, -0.2) is 0 Å². The summed E-state index contributed by atoms with van der Waals surface area (Å²) in [7, 11) is 1.38. The molecule has 1 aromatic carbocycles. The van der Waals surface area contributed by atoms with Crippen molar-refractivity contribution in [1.29, 1.82) is 0 Å². The average Bonchev–Trinajstić information content (AvgIpc) is 3.42. The second-order valence-electron chi connectivity index (χ2n) is 10.5. The molecule has 4 atom stereocenters. The second kappa shape index (κ2) is 11.6. The third-order valence-corrected chi connectivity index (χ3v) is 8.19. The first-order valence-electron chi connectivity index (χ1n) is 13.5. The van der Waals surface area contributed by atoms with E-state index in [2.05, 4.69) is 12.2 Å². The Balaban J connectivity index is 1.73. The lowest BCUT2D eigenvalue weighted by Gasteiger charge is -2.52. The minimum Gasteiger partial charge on any atom is -0.468 e. The maximum absolute atomic E-state index is 14.0. The molecule has 1 aromatic rings. The van der Waals surface area contributed by atoms with Crippen LogP contribution in [-0.4, -0.2) is 48.5 Å². The Labute approximate surface area is 214 Å². The van der Waals surface area contributed by atoms with Gasteiger partial charge in [-0.2, -0.15) is 0 Å². The number of unbranched alkanes of at least 4 members (excludes halogenated alkanes) is 1. The Morgan fingerprint density at radius 1 is 1.19 bits per heavy atom. The lowest BCUT2D eigenvalue weighted by molar-refractivity contribution is -0.178. The number of nitrogens with one attached hydrogen (secondary N) is 1. The Bertz CT molecular complexity index is 971. The van der Waals surface area contributed by atoms with Crippen LogP contribution in [0.3, 0.4) is 0 Å². The quantitative estimate of drug-likeness (QED) is 0.406. The van der Waals surface area contributed by atoms with Gasteiger partial charge in [0.2, 0.25) is 11.8 Å². The summed E-state index contributed by atoms with van der Waals surface area (Å²) >= 11 is 0. The van der Waals surface area contributed by atoms with Gasteiger partial charge in [-0.3, -0.25) is 14.4 Å². The summed E-state index contributed by atoms with van der Waals surface area (Å²) in [6, 6.07) is 9.78. The molecule has 2 heterocycles. The minimum absolute atomic E-state index is 0.0403. The van der Waals surface area contributed by atoms with Gasteiger partial charge in [0.25, 0.3) is 0 Å². The van der Waals surface area contributed by atoms with Crippen LogP contribution in [-0.2, 0) is 30.4 Å². The summed E-state index contributed by atoms with van der Waals surface area (Å²) in [6.07, 6.45) is 8.01. The molecule has 1 aliphatic carbocycles. The highest BCUT2D eigenvalue weighted by Crippen LogP contribution is 2.52. The number of hydrogen-bond donors (Lipinski definition) is 1. The molecule has 0 spiro atoms. The molecular formula is C29H40N2O5. The predicted octanol–water partition coefficient (Wildman–Crippen LogP) is 4.36. The number of likely N-dealkylation sites (tertiary alicyclic amines) is 1. The van der Waals surface area contributed by atoms with Gasteiger partial charge >= 0.3 is 5.97 Å². The van der Waals surface area contributed by atoms with Crippen molar-refractivity contribution in [3.8, 4) is 0 Å². The molecule has 1 saturated heterocycles. The zero-order chi connectivity index (χ0) is 25.7. The van der Waals surface area contributed by atoms with Gasteiger partial charge in [0.15, 0.2) is 0 Å². The number of rotatable bonds is 9. The van der Waals surface area contributed by atoms with E-state index in [4.69, 9.17) is 9.47 Å². The van der Waals surface area contributed by atoms with Crippen molar-refractivity contribution in [3.63, 3.8) is 0 Å². The van der Waals surface area contributed by atoms with Crippen molar-refractivity contribution < 1.29 is 23.9 Å². The summed E-state index contributed by atoms with van der Waals surface area (Å²) in [5.74, 6) is -0.947. The summed E-state index contributed by atoms with van der Waals surface area (Å²) < 4.78 is 11.9. The number of carbonyl (C=O) groups excluding carboxylic acids is 3. The standard InChI is InChI=1S/C29H40N2O5/c1-4-5-15-30-26(32)16-23-18-29(28(34)35-3)20(2)36-24(22-13-9-10-14-22)17-25(29)31(27(23)33)19-21-11-7-6-8-12-21/h6-8,11-12,17,20,22-24H,4-5,9-10,13-16,18-19H2,1-3H3,(H,30,32)/t20-,23-,24-,29+/m0/s1. The Hall–Kier alpha value is -2.67. The molecule has 4 rings (SSSR count). The van der Waals surface area contributed by atoms with E-state index in [1.807, 2.05) is 43.3 Å². The van der Waals surface area contributed by atoms with E-state index in [1.165, 1.54) is 20.0 Å². The molecule has 0 unspecified atom stereocenters. The Morgan fingerprint density at radius 3 is 2.58 bits per heavy atom. The minimum atomic E-state index is -1.14. The van der Waals surface area contributed by atoms with Gasteiger partial charge in [-0.05, 0) is 50.2 Å². The maximum atomic E-state index is 14.0. The molecule has 36 heavy (non-hydrogen) atoms. The SMILES string of the molecule is CCCCNC(=O)C[C@H]1C[C@]2(C(=O)OC)C(=C[C@@H](C3CCCC3)O[C@H]2C)N(Cc2ccccc2)C1=O. The van der Waals surface area contributed by atoms with E-state index in [0.717, 1.165) is 31.2 Å². The number of fused-ring (bicyclic) bond motifs is 1. The van der Waals surface area contributed by atoms with Gasteiger partial charge in [0.05, 0.1) is 25.9 Å².